The molecule has 2 rings (SSSR count). The maximum absolute atomic E-state index is 11.7. The molecule has 3 nitrogen and oxygen atoms in total. The van der Waals surface area contributed by atoms with Gasteiger partial charge in [-0.3, -0.25) is 9.63 Å². The molecule has 6 heteroatoms. The van der Waals surface area contributed by atoms with Gasteiger partial charge in [0.15, 0.2) is 0 Å². The van der Waals surface area contributed by atoms with Crippen LogP contribution in [-0.2, 0) is 4.84 Å². The summed E-state index contributed by atoms with van der Waals surface area (Å²) in [5.41, 5.74) is 0.420. The Labute approximate surface area is 95.1 Å². The lowest BCUT2D eigenvalue weighted by atomic mass is 10.3. The summed E-state index contributed by atoms with van der Waals surface area (Å²) >= 11 is 12.8. The number of hydrogen-bond acceptors (Lipinski definition) is 3. The van der Waals surface area contributed by atoms with Crippen LogP contribution in [-0.4, -0.2) is 24.1 Å². The molecular weight excluding hydrogens is 245 g/mol. The number of hydroxylamine groups is 2. The molecule has 1 amide bonds. The van der Waals surface area contributed by atoms with E-state index in [1.165, 1.54) is 16.4 Å². The molecule has 2 heterocycles. The largest absolute Gasteiger partial charge is 0.279 e. The lowest BCUT2D eigenvalue weighted by Gasteiger charge is -2.12. The second kappa shape index (κ2) is 4.06. The summed E-state index contributed by atoms with van der Waals surface area (Å²) in [6, 6.07) is 1.57. The summed E-state index contributed by atoms with van der Waals surface area (Å²) in [7, 11) is 0. The van der Waals surface area contributed by atoms with Crippen molar-refractivity contribution in [3.8, 4) is 0 Å². The lowest BCUT2D eigenvalue weighted by molar-refractivity contribution is -0.0768. The van der Waals surface area contributed by atoms with Gasteiger partial charge in [0.2, 0.25) is 0 Å². The van der Waals surface area contributed by atoms with Crippen LogP contribution in [0.15, 0.2) is 6.07 Å². The first-order chi connectivity index (χ1) is 6.68. The van der Waals surface area contributed by atoms with E-state index in [9.17, 15) is 4.79 Å². The SMILES string of the molecule is O=C(c1cc(Cl)sc1Cl)N1CCCO1. The van der Waals surface area contributed by atoms with Crippen LogP contribution in [0, 0.1) is 0 Å². The average molecular weight is 252 g/mol. The molecule has 76 valence electrons. The molecule has 0 N–H and O–H groups in total. The van der Waals surface area contributed by atoms with Crippen molar-refractivity contribution < 1.29 is 9.63 Å². The molecule has 1 aromatic rings. The summed E-state index contributed by atoms with van der Waals surface area (Å²) in [5, 5.41) is 1.32. The fourth-order valence-corrected chi connectivity index (χ4v) is 2.68. The number of hydrogen-bond donors (Lipinski definition) is 0. The molecule has 1 aliphatic rings. The van der Waals surface area contributed by atoms with Crippen molar-refractivity contribution in [2.75, 3.05) is 13.2 Å². The van der Waals surface area contributed by atoms with Crippen LogP contribution >= 0.6 is 34.5 Å². The van der Waals surface area contributed by atoms with Gasteiger partial charge in [0.05, 0.1) is 23.1 Å². The number of amides is 1. The number of carbonyl (C=O) groups excluding carboxylic acids is 1. The minimum absolute atomic E-state index is 0.212. The second-order valence-corrected chi connectivity index (χ2v) is 5.12. The fraction of sp³-hybridized carbons (Fsp3) is 0.375. The highest BCUT2D eigenvalue weighted by molar-refractivity contribution is 7.20. The highest BCUT2D eigenvalue weighted by atomic mass is 35.5. The van der Waals surface area contributed by atoms with Crippen LogP contribution in [0.25, 0.3) is 0 Å². The summed E-state index contributed by atoms with van der Waals surface area (Å²) in [5.74, 6) is -0.212. The van der Waals surface area contributed by atoms with Gasteiger partial charge in [-0.05, 0) is 12.5 Å². The van der Waals surface area contributed by atoms with E-state index in [2.05, 4.69) is 0 Å². The molecule has 0 bridgehead atoms. The molecule has 0 spiro atoms. The Morgan fingerprint density at radius 3 is 2.86 bits per heavy atom. The van der Waals surface area contributed by atoms with Crippen LogP contribution in [0.5, 0.6) is 0 Å². The van der Waals surface area contributed by atoms with Crippen molar-refractivity contribution in [3.05, 3.63) is 20.3 Å². The standard InChI is InChI=1S/C8H7Cl2NO2S/c9-6-4-5(7(10)14-6)8(12)11-2-1-3-13-11/h4H,1-3H2. The third-order valence-corrected chi connectivity index (χ3v) is 3.35. The van der Waals surface area contributed by atoms with Crippen LogP contribution in [0.4, 0.5) is 0 Å². The van der Waals surface area contributed by atoms with E-state index in [-0.39, 0.29) is 5.91 Å². The zero-order chi connectivity index (χ0) is 10.1. The van der Waals surface area contributed by atoms with Crippen molar-refractivity contribution in [1.82, 2.24) is 5.06 Å². The number of nitrogens with zero attached hydrogens (tertiary/aromatic N) is 1. The molecule has 0 aliphatic carbocycles. The number of carbonyl (C=O) groups is 1. The van der Waals surface area contributed by atoms with Gasteiger partial charge in [-0.15, -0.1) is 11.3 Å². The van der Waals surface area contributed by atoms with E-state index < -0.39 is 0 Å². The Bertz CT molecular complexity index is 360. The minimum atomic E-state index is -0.212. The normalized spacial score (nSPS) is 16.3. The van der Waals surface area contributed by atoms with Crippen molar-refractivity contribution in [2.45, 2.75) is 6.42 Å². The summed E-state index contributed by atoms with van der Waals surface area (Å²) < 4.78 is 0.924. The average Bonchev–Trinajstić information content (AvgIpc) is 2.73. The first-order valence-corrected chi connectivity index (χ1v) is 5.65. The van der Waals surface area contributed by atoms with Crippen molar-refractivity contribution in [2.24, 2.45) is 0 Å². The Morgan fingerprint density at radius 1 is 1.57 bits per heavy atom. The van der Waals surface area contributed by atoms with Gasteiger partial charge in [0, 0.05) is 0 Å². The molecule has 14 heavy (non-hydrogen) atoms. The van der Waals surface area contributed by atoms with Crippen LogP contribution in [0.3, 0.4) is 0 Å². The monoisotopic (exact) mass is 251 g/mol. The second-order valence-electron chi connectivity index (χ2n) is 2.83. The van der Waals surface area contributed by atoms with Gasteiger partial charge >= 0.3 is 0 Å². The molecule has 1 saturated heterocycles. The highest BCUT2D eigenvalue weighted by Crippen LogP contribution is 2.32. The van der Waals surface area contributed by atoms with Gasteiger partial charge in [-0.2, -0.15) is 0 Å². The maximum Gasteiger partial charge on any atom is 0.279 e. The molecule has 1 aromatic heterocycles. The van der Waals surface area contributed by atoms with Crippen LogP contribution in [0.2, 0.25) is 8.67 Å². The molecule has 1 fully saturated rings. The van der Waals surface area contributed by atoms with Gasteiger partial charge in [0.25, 0.3) is 5.91 Å². The predicted octanol–water partition coefficient (Wildman–Crippen LogP) is 2.83. The van der Waals surface area contributed by atoms with E-state index in [0.29, 0.717) is 27.4 Å². The smallest absolute Gasteiger partial charge is 0.271 e. The van der Waals surface area contributed by atoms with Crippen LogP contribution < -0.4 is 0 Å². The molecule has 0 saturated carbocycles. The van der Waals surface area contributed by atoms with Gasteiger partial charge in [0.1, 0.15) is 4.34 Å². The predicted molar refractivity (Wildman–Crippen MR) is 55.9 cm³/mol. The minimum Gasteiger partial charge on any atom is -0.271 e. The van der Waals surface area contributed by atoms with E-state index in [4.69, 9.17) is 28.0 Å². The van der Waals surface area contributed by atoms with E-state index in [0.717, 1.165) is 6.42 Å². The molecule has 0 aromatic carbocycles. The Kier molecular flexibility index (Phi) is 2.97. The first-order valence-electron chi connectivity index (χ1n) is 4.08. The first kappa shape index (κ1) is 10.2. The Morgan fingerprint density at radius 2 is 2.36 bits per heavy atom. The van der Waals surface area contributed by atoms with Gasteiger partial charge in [-0.25, -0.2) is 5.06 Å². The topological polar surface area (TPSA) is 29.5 Å². The van der Waals surface area contributed by atoms with Crippen molar-refractivity contribution in [3.63, 3.8) is 0 Å². The zero-order valence-electron chi connectivity index (χ0n) is 7.13. The third kappa shape index (κ3) is 1.88. The molecular formula is C8H7Cl2NO2S. The quantitative estimate of drug-likeness (QED) is 0.769. The maximum atomic E-state index is 11.7. The molecule has 0 atom stereocenters. The number of rotatable bonds is 1. The highest BCUT2D eigenvalue weighted by Gasteiger charge is 2.24. The number of halogens is 2. The van der Waals surface area contributed by atoms with E-state index >= 15 is 0 Å². The Balaban J connectivity index is 2.21. The van der Waals surface area contributed by atoms with Gasteiger partial charge in [-0.1, -0.05) is 23.2 Å². The summed E-state index contributed by atoms with van der Waals surface area (Å²) in [4.78, 5) is 16.9. The summed E-state index contributed by atoms with van der Waals surface area (Å²) in [6.45, 7) is 1.20. The lowest BCUT2D eigenvalue weighted by Crippen LogP contribution is -2.26. The third-order valence-electron chi connectivity index (χ3n) is 1.87. The van der Waals surface area contributed by atoms with E-state index in [1.807, 2.05) is 0 Å². The zero-order valence-corrected chi connectivity index (χ0v) is 9.45. The van der Waals surface area contributed by atoms with Crippen LogP contribution in [0.1, 0.15) is 16.8 Å². The molecule has 0 radical (unpaired) electrons. The van der Waals surface area contributed by atoms with Gasteiger partial charge < -0.3 is 0 Å². The number of thiophene rings is 1. The fourth-order valence-electron chi connectivity index (χ4n) is 1.23. The van der Waals surface area contributed by atoms with Crippen molar-refractivity contribution in [1.29, 1.82) is 0 Å². The molecule has 1 aliphatic heterocycles. The van der Waals surface area contributed by atoms with E-state index in [1.54, 1.807) is 6.07 Å². The Hall–Kier alpha value is -0.290. The summed E-state index contributed by atoms with van der Waals surface area (Å²) in [6.07, 6.45) is 0.862. The van der Waals surface area contributed by atoms with Crippen molar-refractivity contribution >= 4 is 40.4 Å². The molecule has 0 unspecified atom stereocenters.